The average molecular weight is 294 g/mol. The van der Waals surface area contributed by atoms with Gasteiger partial charge in [-0.1, -0.05) is 13.8 Å². The first-order chi connectivity index (χ1) is 8.99. The van der Waals surface area contributed by atoms with Crippen LogP contribution in [-0.4, -0.2) is 57.9 Å². The molecule has 0 aliphatic rings. The Hall–Kier alpha value is -0.170. The van der Waals surface area contributed by atoms with E-state index in [1.54, 1.807) is 7.11 Å². The second kappa shape index (κ2) is 10.6. The zero-order chi connectivity index (χ0) is 14.7. The number of ether oxygens (including phenoxy) is 1. The number of nitrogens with zero attached hydrogens (tertiary/aromatic N) is 1. The van der Waals surface area contributed by atoms with E-state index in [9.17, 15) is 8.42 Å². The van der Waals surface area contributed by atoms with Crippen LogP contribution in [-0.2, 0) is 14.8 Å². The van der Waals surface area contributed by atoms with Crippen molar-refractivity contribution in [2.45, 2.75) is 46.1 Å². The van der Waals surface area contributed by atoms with Crippen molar-refractivity contribution in [2.75, 3.05) is 39.1 Å². The minimum absolute atomic E-state index is 0.0989. The highest BCUT2D eigenvalue weighted by Crippen LogP contribution is 2.10. The van der Waals surface area contributed by atoms with Crippen LogP contribution in [0.5, 0.6) is 0 Å². The number of methoxy groups -OCH3 is 1. The lowest BCUT2D eigenvalue weighted by Gasteiger charge is -2.26. The van der Waals surface area contributed by atoms with Crippen LogP contribution < -0.4 is 5.32 Å². The van der Waals surface area contributed by atoms with Crippen molar-refractivity contribution in [1.82, 2.24) is 9.62 Å². The summed E-state index contributed by atoms with van der Waals surface area (Å²) in [7, 11) is -1.57. The Morgan fingerprint density at radius 1 is 1.21 bits per heavy atom. The zero-order valence-electron chi connectivity index (χ0n) is 12.8. The molecule has 0 aromatic rings. The predicted octanol–water partition coefficient (Wildman–Crippen LogP) is 1.45. The van der Waals surface area contributed by atoms with E-state index in [2.05, 4.69) is 12.2 Å². The van der Waals surface area contributed by atoms with Crippen molar-refractivity contribution in [2.24, 2.45) is 0 Å². The fraction of sp³-hybridized carbons (Fsp3) is 1.00. The minimum atomic E-state index is -3.16. The van der Waals surface area contributed by atoms with Crippen molar-refractivity contribution in [3.05, 3.63) is 0 Å². The van der Waals surface area contributed by atoms with Crippen LogP contribution in [0.2, 0.25) is 0 Å². The molecule has 0 rings (SSSR count). The molecule has 0 aliphatic carbocycles. The first-order valence-electron chi connectivity index (χ1n) is 7.18. The summed E-state index contributed by atoms with van der Waals surface area (Å²) in [6.45, 7) is 8.70. The maximum atomic E-state index is 12.2. The van der Waals surface area contributed by atoms with Gasteiger partial charge in [0.15, 0.2) is 0 Å². The number of unbranched alkanes of at least 4 members (excludes halogenated alkanes) is 1. The molecule has 0 aromatic carbocycles. The highest BCUT2D eigenvalue weighted by atomic mass is 32.2. The SMILES string of the molecule is CCCNCCCCS(=O)(=O)N(CC)C(C)COC. The van der Waals surface area contributed by atoms with Crippen LogP contribution in [0.1, 0.15) is 40.0 Å². The summed E-state index contributed by atoms with van der Waals surface area (Å²) in [5, 5.41) is 3.28. The standard InChI is InChI=1S/C13H30N2O3S/c1-5-9-14-10-7-8-11-19(16,17)15(6-2)13(3)12-18-4/h13-14H,5-12H2,1-4H3. The van der Waals surface area contributed by atoms with Gasteiger partial charge in [0.25, 0.3) is 0 Å². The number of sulfonamides is 1. The maximum absolute atomic E-state index is 12.2. The summed E-state index contributed by atoms with van der Waals surface area (Å²) < 4.78 is 31.0. The van der Waals surface area contributed by atoms with Gasteiger partial charge in [-0.3, -0.25) is 0 Å². The van der Waals surface area contributed by atoms with Crippen LogP contribution >= 0.6 is 0 Å². The monoisotopic (exact) mass is 294 g/mol. The first kappa shape index (κ1) is 18.8. The van der Waals surface area contributed by atoms with Gasteiger partial charge in [-0.15, -0.1) is 0 Å². The molecule has 1 N–H and O–H groups in total. The zero-order valence-corrected chi connectivity index (χ0v) is 13.6. The number of hydrogen-bond donors (Lipinski definition) is 1. The normalized spacial score (nSPS) is 13.9. The molecule has 0 amide bonds. The number of rotatable bonds is 12. The molecule has 6 heteroatoms. The molecule has 0 heterocycles. The van der Waals surface area contributed by atoms with Crippen LogP contribution in [0.4, 0.5) is 0 Å². The van der Waals surface area contributed by atoms with E-state index in [4.69, 9.17) is 4.74 Å². The fourth-order valence-corrected chi connectivity index (χ4v) is 3.87. The van der Waals surface area contributed by atoms with E-state index in [0.717, 1.165) is 25.9 Å². The molecular weight excluding hydrogens is 264 g/mol. The smallest absolute Gasteiger partial charge is 0.214 e. The summed E-state index contributed by atoms with van der Waals surface area (Å²) in [5.41, 5.74) is 0. The van der Waals surface area contributed by atoms with E-state index in [-0.39, 0.29) is 11.8 Å². The van der Waals surface area contributed by atoms with Crippen molar-refractivity contribution >= 4 is 10.0 Å². The Morgan fingerprint density at radius 2 is 1.89 bits per heavy atom. The summed E-state index contributed by atoms with van der Waals surface area (Å²) in [4.78, 5) is 0. The Bertz CT molecular complexity index is 307. The molecule has 0 saturated carbocycles. The Labute approximate surface area is 118 Å². The van der Waals surface area contributed by atoms with Crippen LogP contribution in [0.25, 0.3) is 0 Å². The van der Waals surface area contributed by atoms with Crippen molar-refractivity contribution < 1.29 is 13.2 Å². The van der Waals surface area contributed by atoms with Crippen LogP contribution in [0, 0.1) is 0 Å². The lowest BCUT2D eigenvalue weighted by molar-refractivity contribution is 0.142. The molecule has 0 aromatic heterocycles. The molecule has 5 nitrogen and oxygen atoms in total. The molecule has 0 bridgehead atoms. The van der Waals surface area contributed by atoms with E-state index in [1.807, 2.05) is 13.8 Å². The number of nitrogens with one attached hydrogen (secondary N) is 1. The molecule has 0 fully saturated rings. The lowest BCUT2D eigenvalue weighted by atomic mass is 10.3. The van der Waals surface area contributed by atoms with Gasteiger partial charge in [0.2, 0.25) is 10.0 Å². The van der Waals surface area contributed by atoms with Crippen molar-refractivity contribution in [3.63, 3.8) is 0 Å². The third-order valence-corrected chi connectivity index (χ3v) is 5.14. The van der Waals surface area contributed by atoms with Gasteiger partial charge in [0.1, 0.15) is 0 Å². The molecule has 116 valence electrons. The summed E-state index contributed by atoms with van der Waals surface area (Å²) in [6.07, 6.45) is 2.71. The average Bonchev–Trinajstić information content (AvgIpc) is 2.34. The largest absolute Gasteiger partial charge is 0.383 e. The molecule has 1 atom stereocenters. The minimum Gasteiger partial charge on any atom is -0.383 e. The van der Waals surface area contributed by atoms with E-state index in [0.29, 0.717) is 19.6 Å². The first-order valence-corrected chi connectivity index (χ1v) is 8.79. The van der Waals surface area contributed by atoms with Crippen LogP contribution in [0.15, 0.2) is 0 Å². The lowest BCUT2D eigenvalue weighted by Crippen LogP contribution is -2.42. The predicted molar refractivity (Wildman–Crippen MR) is 79.9 cm³/mol. The second-order valence-electron chi connectivity index (χ2n) is 4.78. The quantitative estimate of drug-likeness (QED) is 0.554. The van der Waals surface area contributed by atoms with E-state index < -0.39 is 10.0 Å². The van der Waals surface area contributed by atoms with E-state index in [1.165, 1.54) is 4.31 Å². The van der Waals surface area contributed by atoms with Gasteiger partial charge < -0.3 is 10.1 Å². The second-order valence-corrected chi connectivity index (χ2v) is 6.82. The Morgan fingerprint density at radius 3 is 2.42 bits per heavy atom. The van der Waals surface area contributed by atoms with Gasteiger partial charge in [0, 0.05) is 19.7 Å². The molecule has 1 unspecified atom stereocenters. The van der Waals surface area contributed by atoms with Gasteiger partial charge >= 0.3 is 0 Å². The van der Waals surface area contributed by atoms with Crippen molar-refractivity contribution in [3.8, 4) is 0 Å². The molecule has 0 saturated heterocycles. The summed E-state index contributed by atoms with van der Waals surface area (Å²) >= 11 is 0. The highest BCUT2D eigenvalue weighted by molar-refractivity contribution is 7.89. The number of likely N-dealkylation sites (N-methyl/N-ethyl adjacent to an activating group) is 1. The van der Waals surface area contributed by atoms with Crippen molar-refractivity contribution in [1.29, 1.82) is 0 Å². The van der Waals surface area contributed by atoms with Crippen LogP contribution in [0.3, 0.4) is 0 Å². The Kier molecular flexibility index (Phi) is 10.5. The molecule has 0 aliphatic heterocycles. The summed E-state index contributed by atoms with van der Waals surface area (Å²) in [5.74, 6) is 0.225. The number of hydrogen-bond acceptors (Lipinski definition) is 4. The fourth-order valence-electron chi connectivity index (χ4n) is 2.06. The topological polar surface area (TPSA) is 58.6 Å². The molecule has 0 spiro atoms. The van der Waals surface area contributed by atoms with Gasteiger partial charge in [-0.25, -0.2) is 8.42 Å². The Balaban J connectivity index is 4.12. The third-order valence-electron chi connectivity index (χ3n) is 3.00. The maximum Gasteiger partial charge on any atom is 0.214 e. The van der Waals surface area contributed by atoms with E-state index >= 15 is 0 Å². The van der Waals surface area contributed by atoms with Gasteiger partial charge in [-0.2, -0.15) is 4.31 Å². The highest BCUT2D eigenvalue weighted by Gasteiger charge is 2.24. The molecule has 0 radical (unpaired) electrons. The van der Waals surface area contributed by atoms with Gasteiger partial charge in [-0.05, 0) is 39.3 Å². The summed E-state index contributed by atoms with van der Waals surface area (Å²) in [6, 6.07) is -0.0989. The molecular formula is C13H30N2O3S. The third kappa shape index (κ3) is 7.87. The van der Waals surface area contributed by atoms with Gasteiger partial charge in [0.05, 0.1) is 12.4 Å². The molecule has 19 heavy (non-hydrogen) atoms.